The first-order valence-corrected chi connectivity index (χ1v) is 7.50. The lowest BCUT2D eigenvalue weighted by Gasteiger charge is -2.44. The van der Waals surface area contributed by atoms with Gasteiger partial charge in [-0.05, 0) is 50.2 Å². The minimum Gasteiger partial charge on any atom is -0.388 e. The van der Waals surface area contributed by atoms with Gasteiger partial charge in [0, 0.05) is 37.8 Å². The summed E-state index contributed by atoms with van der Waals surface area (Å²) < 4.78 is 11.5. The van der Waals surface area contributed by atoms with Crippen LogP contribution in [0.4, 0.5) is 0 Å². The maximum absolute atomic E-state index is 10.7. The minimum atomic E-state index is -0.438. The topological polar surface area (TPSA) is 51.6 Å². The molecular formula is C16H23NO3. The second-order valence-corrected chi connectivity index (χ2v) is 6.07. The van der Waals surface area contributed by atoms with Crippen molar-refractivity contribution < 1.29 is 14.6 Å². The summed E-state index contributed by atoms with van der Waals surface area (Å²) in [4.78, 5) is 4.15. The lowest BCUT2D eigenvalue weighted by molar-refractivity contribution is -0.159. The van der Waals surface area contributed by atoms with E-state index in [0.29, 0.717) is 0 Å². The number of aryl methyl sites for hydroxylation is 1. The lowest BCUT2D eigenvalue weighted by Crippen LogP contribution is -2.45. The van der Waals surface area contributed by atoms with Crippen molar-refractivity contribution in [2.24, 2.45) is 5.92 Å². The normalized spacial score (nSPS) is 27.4. The van der Waals surface area contributed by atoms with E-state index in [9.17, 15) is 5.11 Å². The standard InChI is InChI=1S/C16H23NO3/c1-12-2-6-17-11-14(12)15(18)13-3-7-20-16(10-13)4-8-19-9-5-16/h2,6,11,13,15,18H,3-5,7-10H2,1H3. The summed E-state index contributed by atoms with van der Waals surface area (Å²) in [5, 5.41) is 10.7. The van der Waals surface area contributed by atoms with Gasteiger partial charge in [0.25, 0.3) is 0 Å². The fourth-order valence-electron chi connectivity index (χ4n) is 3.47. The highest BCUT2D eigenvalue weighted by atomic mass is 16.5. The van der Waals surface area contributed by atoms with Crippen LogP contribution < -0.4 is 0 Å². The van der Waals surface area contributed by atoms with Gasteiger partial charge < -0.3 is 14.6 Å². The van der Waals surface area contributed by atoms with E-state index in [1.54, 1.807) is 12.4 Å². The molecule has 20 heavy (non-hydrogen) atoms. The molecule has 1 N–H and O–H groups in total. The van der Waals surface area contributed by atoms with Gasteiger partial charge in [0.1, 0.15) is 0 Å². The molecule has 1 aromatic rings. The molecule has 0 radical (unpaired) electrons. The van der Waals surface area contributed by atoms with Crippen LogP contribution in [0.2, 0.25) is 0 Å². The average molecular weight is 277 g/mol. The Morgan fingerprint density at radius 1 is 1.35 bits per heavy atom. The number of hydrogen-bond donors (Lipinski definition) is 1. The first kappa shape index (κ1) is 14.0. The molecule has 0 bridgehead atoms. The van der Waals surface area contributed by atoms with Gasteiger partial charge in [-0.2, -0.15) is 0 Å². The fraction of sp³-hybridized carbons (Fsp3) is 0.688. The largest absolute Gasteiger partial charge is 0.388 e. The van der Waals surface area contributed by atoms with E-state index >= 15 is 0 Å². The van der Waals surface area contributed by atoms with Gasteiger partial charge in [-0.3, -0.25) is 4.98 Å². The van der Waals surface area contributed by atoms with Crippen molar-refractivity contribution >= 4 is 0 Å². The Labute approximate surface area is 120 Å². The van der Waals surface area contributed by atoms with E-state index in [4.69, 9.17) is 9.47 Å². The predicted octanol–water partition coefficient (Wildman–Crippen LogP) is 2.40. The quantitative estimate of drug-likeness (QED) is 0.902. The number of nitrogens with zero attached hydrogens (tertiary/aromatic N) is 1. The molecule has 2 unspecified atom stereocenters. The van der Waals surface area contributed by atoms with Crippen LogP contribution in [0.1, 0.15) is 42.9 Å². The van der Waals surface area contributed by atoms with E-state index in [1.807, 2.05) is 13.0 Å². The Morgan fingerprint density at radius 3 is 2.90 bits per heavy atom. The summed E-state index contributed by atoms with van der Waals surface area (Å²) in [6, 6.07) is 1.96. The summed E-state index contributed by atoms with van der Waals surface area (Å²) in [5.74, 6) is 0.254. The van der Waals surface area contributed by atoms with Gasteiger partial charge >= 0.3 is 0 Å². The average Bonchev–Trinajstić information content (AvgIpc) is 2.48. The SMILES string of the molecule is Cc1ccncc1C(O)C1CCOC2(CCOCC2)C1. The Morgan fingerprint density at radius 2 is 2.15 bits per heavy atom. The fourth-order valence-corrected chi connectivity index (χ4v) is 3.47. The van der Waals surface area contributed by atoms with Gasteiger partial charge in [0.15, 0.2) is 0 Å². The molecule has 1 spiro atoms. The highest BCUT2D eigenvalue weighted by Gasteiger charge is 2.41. The summed E-state index contributed by atoms with van der Waals surface area (Å²) in [6.07, 6.45) is 6.86. The molecule has 2 fully saturated rings. The smallest absolute Gasteiger partial charge is 0.0837 e. The Balaban J connectivity index is 1.75. The molecule has 0 aliphatic carbocycles. The Bertz CT molecular complexity index is 451. The number of hydrogen-bond acceptors (Lipinski definition) is 4. The van der Waals surface area contributed by atoms with Gasteiger partial charge in [-0.25, -0.2) is 0 Å². The lowest BCUT2D eigenvalue weighted by atomic mass is 9.77. The Hall–Kier alpha value is -0.970. The second-order valence-electron chi connectivity index (χ2n) is 6.07. The predicted molar refractivity (Wildman–Crippen MR) is 75.4 cm³/mol. The molecule has 0 amide bonds. The first-order valence-electron chi connectivity index (χ1n) is 7.50. The van der Waals surface area contributed by atoms with Crippen LogP contribution in [0.15, 0.2) is 18.5 Å². The highest BCUT2D eigenvalue weighted by molar-refractivity contribution is 5.24. The highest BCUT2D eigenvalue weighted by Crippen LogP contribution is 2.42. The van der Waals surface area contributed by atoms with Crippen molar-refractivity contribution in [1.82, 2.24) is 4.98 Å². The van der Waals surface area contributed by atoms with E-state index in [-0.39, 0.29) is 11.5 Å². The van der Waals surface area contributed by atoms with Crippen molar-refractivity contribution in [1.29, 1.82) is 0 Å². The van der Waals surface area contributed by atoms with Crippen LogP contribution in [-0.4, -0.2) is 35.5 Å². The molecular weight excluding hydrogens is 254 g/mol. The van der Waals surface area contributed by atoms with Crippen molar-refractivity contribution in [3.05, 3.63) is 29.6 Å². The molecule has 4 heteroatoms. The van der Waals surface area contributed by atoms with E-state index in [0.717, 1.165) is 56.6 Å². The first-order chi connectivity index (χ1) is 9.70. The molecule has 4 nitrogen and oxygen atoms in total. The summed E-state index contributed by atoms with van der Waals surface area (Å²) in [7, 11) is 0. The summed E-state index contributed by atoms with van der Waals surface area (Å²) in [5.41, 5.74) is 2.00. The van der Waals surface area contributed by atoms with E-state index in [1.165, 1.54) is 0 Å². The maximum atomic E-state index is 10.7. The van der Waals surface area contributed by atoms with Crippen LogP contribution >= 0.6 is 0 Å². The summed E-state index contributed by atoms with van der Waals surface area (Å²) >= 11 is 0. The number of aliphatic hydroxyl groups is 1. The molecule has 0 saturated carbocycles. The molecule has 2 aliphatic heterocycles. The number of rotatable bonds is 2. The number of aliphatic hydroxyl groups excluding tert-OH is 1. The third kappa shape index (κ3) is 2.73. The van der Waals surface area contributed by atoms with E-state index < -0.39 is 6.10 Å². The molecule has 3 heterocycles. The molecule has 110 valence electrons. The van der Waals surface area contributed by atoms with Crippen molar-refractivity contribution in [3.8, 4) is 0 Å². The Kier molecular flexibility index (Phi) is 4.06. The monoisotopic (exact) mass is 277 g/mol. The number of ether oxygens (including phenoxy) is 2. The van der Waals surface area contributed by atoms with Crippen LogP contribution in [0, 0.1) is 12.8 Å². The van der Waals surface area contributed by atoms with Gasteiger partial charge in [-0.1, -0.05) is 0 Å². The van der Waals surface area contributed by atoms with Crippen molar-refractivity contribution in [3.63, 3.8) is 0 Å². The molecule has 2 saturated heterocycles. The summed E-state index contributed by atoms with van der Waals surface area (Å²) in [6.45, 7) is 4.31. The zero-order chi connectivity index (χ0) is 14.0. The van der Waals surface area contributed by atoms with Gasteiger partial charge in [0.05, 0.1) is 11.7 Å². The van der Waals surface area contributed by atoms with Crippen LogP contribution in [0.5, 0.6) is 0 Å². The third-order valence-electron chi connectivity index (χ3n) is 4.78. The molecule has 0 aromatic carbocycles. The second kappa shape index (κ2) is 5.80. The third-order valence-corrected chi connectivity index (χ3v) is 4.78. The molecule has 2 atom stereocenters. The minimum absolute atomic E-state index is 0.0712. The zero-order valence-corrected chi connectivity index (χ0v) is 12.0. The zero-order valence-electron chi connectivity index (χ0n) is 12.0. The molecule has 2 aliphatic rings. The maximum Gasteiger partial charge on any atom is 0.0837 e. The van der Waals surface area contributed by atoms with Gasteiger partial charge in [0.2, 0.25) is 0 Å². The van der Waals surface area contributed by atoms with Crippen molar-refractivity contribution in [2.75, 3.05) is 19.8 Å². The number of aromatic nitrogens is 1. The van der Waals surface area contributed by atoms with Crippen molar-refractivity contribution in [2.45, 2.75) is 44.3 Å². The van der Waals surface area contributed by atoms with Crippen LogP contribution in [-0.2, 0) is 9.47 Å². The van der Waals surface area contributed by atoms with Crippen LogP contribution in [0.25, 0.3) is 0 Å². The molecule has 1 aromatic heterocycles. The van der Waals surface area contributed by atoms with E-state index in [2.05, 4.69) is 4.98 Å². The molecule has 3 rings (SSSR count). The number of pyridine rings is 1. The van der Waals surface area contributed by atoms with Crippen LogP contribution in [0.3, 0.4) is 0 Å². The van der Waals surface area contributed by atoms with Gasteiger partial charge in [-0.15, -0.1) is 0 Å².